The molecule has 0 unspecified atom stereocenters. The Kier molecular flexibility index (Phi) is 5.20. The van der Waals surface area contributed by atoms with Crippen molar-refractivity contribution in [2.45, 2.75) is 13.3 Å². The Hall–Kier alpha value is -2.71. The van der Waals surface area contributed by atoms with Crippen molar-refractivity contribution in [2.75, 3.05) is 6.54 Å². The maximum Gasteiger partial charge on any atom is 0.328 e. The Morgan fingerprint density at radius 1 is 1.37 bits per heavy atom. The fourth-order valence-corrected chi connectivity index (χ4v) is 1.08. The number of aryl methyl sites for hydroxylation is 1. The zero-order valence-electron chi connectivity index (χ0n) is 10.0. The summed E-state index contributed by atoms with van der Waals surface area (Å²) in [6, 6.07) is -0.736. The van der Waals surface area contributed by atoms with E-state index in [0.717, 1.165) is 6.08 Å². The van der Waals surface area contributed by atoms with Crippen molar-refractivity contribution in [3.05, 3.63) is 23.9 Å². The number of carbonyl (C=O) groups is 3. The molecule has 0 spiro atoms. The lowest BCUT2D eigenvalue weighted by Gasteiger charge is -2.02. The molecule has 1 rings (SSSR count). The Balaban J connectivity index is 2.24. The third kappa shape index (κ3) is 5.96. The van der Waals surface area contributed by atoms with Crippen LogP contribution >= 0.6 is 0 Å². The molecule has 0 fully saturated rings. The summed E-state index contributed by atoms with van der Waals surface area (Å²) in [5, 5.41) is 16.2. The summed E-state index contributed by atoms with van der Waals surface area (Å²) >= 11 is 0. The Morgan fingerprint density at radius 3 is 2.68 bits per heavy atom. The number of nitrogens with zero attached hydrogens (tertiary/aromatic N) is 2. The van der Waals surface area contributed by atoms with Gasteiger partial charge in [-0.1, -0.05) is 5.16 Å². The third-order valence-corrected chi connectivity index (χ3v) is 1.82. The van der Waals surface area contributed by atoms with Crippen LogP contribution in [0, 0.1) is 6.92 Å². The van der Waals surface area contributed by atoms with Crippen molar-refractivity contribution in [3.63, 3.8) is 0 Å². The fourth-order valence-electron chi connectivity index (χ4n) is 1.08. The van der Waals surface area contributed by atoms with Crippen LogP contribution in [0.2, 0.25) is 0 Å². The van der Waals surface area contributed by atoms with Gasteiger partial charge in [-0.15, -0.1) is 0 Å². The van der Waals surface area contributed by atoms with Crippen LogP contribution in [-0.4, -0.2) is 39.7 Å². The number of rotatable bonds is 5. The number of carbonyl (C=O) groups excluding carboxylic acids is 2. The average molecular weight is 268 g/mol. The van der Waals surface area contributed by atoms with Crippen molar-refractivity contribution in [3.8, 4) is 0 Å². The number of carboxylic acids is 1. The number of urea groups is 1. The Bertz CT molecular complexity index is 508. The highest BCUT2D eigenvalue weighted by Gasteiger charge is 2.06. The number of hydrogen-bond acceptors (Lipinski definition) is 6. The molecule has 0 aliphatic carbocycles. The van der Waals surface area contributed by atoms with Gasteiger partial charge in [0.2, 0.25) is 5.89 Å². The van der Waals surface area contributed by atoms with Crippen molar-refractivity contribution in [1.29, 1.82) is 0 Å². The summed E-state index contributed by atoms with van der Waals surface area (Å²) in [7, 11) is 0. The fraction of sp³-hybridized carbons (Fsp3) is 0.300. The van der Waals surface area contributed by atoms with Gasteiger partial charge in [0.15, 0.2) is 5.82 Å². The highest BCUT2D eigenvalue weighted by Crippen LogP contribution is 1.94. The molecule has 3 amide bonds. The predicted octanol–water partition coefficient (Wildman–Crippen LogP) is -0.613. The van der Waals surface area contributed by atoms with Gasteiger partial charge in [-0.05, 0) is 0 Å². The smallest absolute Gasteiger partial charge is 0.328 e. The lowest BCUT2D eigenvalue weighted by Crippen LogP contribution is -2.39. The maximum absolute atomic E-state index is 11.2. The van der Waals surface area contributed by atoms with Crippen LogP contribution in [0.15, 0.2) is 16.7 Å². The van der Waals surface area contributed by atoms with Gasteiger partial charge < -0.3 is 14.9 Å². The summed E-state index contributed by atoms with van der Waals surface area (Å²) in [6.45, 7) is 1.85. The number of hydrogen-bond donors (Lipinski definition) is 3. The maximum atomic E-state index is 11.2. The number of amides is 3. The normalized spacial score (nSPS) is 10.4. The number of imide groups is 1. The molecule has 19 heavy (non-hydrogen) atoms. The molecule has 1 heterocycles. The zero-order chi connectivity index (χ0) is 14.3. The predicted molar refractivity (Wildman–Crippen MR) is 61.1 cm³/mol. The van der Waals surface area contributed by atoms with Crippen molar-refractivity contribution in [1.82, 2.24) is 20.8 Å². The van der Waals surface area contributed by atoms with Crippen LogP contribution in [0.1, 0.15) is 11.7 Å². The summed E-state index contributed by atoms with van der Waals surface area (Å²) in [6.07, 6.45) is 1.72. The van der Waals surface area contributed by atoms with E-state index in [2.05, 4.69) is 15.5 Å². The van der Waals surface area contributed by atoms with Crippen molar-refractivity contribution in [2.24, 2.45) is 0 Å². The van der Waals surface area contributed by atoms with Gasteiger partial charge in [0.05, 0.1) is 0 Å². The Morgan fingerprint density at radius 2 is 2.11 bits per heavy atom. The molecule has 0 aliphatic heterocycles. The van der Waals surface area contributed by atoms with Gasteiger partial charge in [-0.25, -0.2) is 9.59 Å². The molecule has 0 atom stereocenters. The van der Waals surface area contributed by atoms with E-state index in [1.807, 2.05) is 5.32 Å². The van der Waals surface area contributed by atoms with E-state index in [4.69, 9.17) is 9.63 Å². The van der Waals surface area contributed by atoms with Crippen LogP contribution in [0.3, 0.4) is 0 Å². The first kappa shape index (κ1) is 14.4. The first-order chi connectivity index (χ1) is 8.97. The van der Waals surface area contributed by atoms with E-state index in [-0.39, 0.29) is 6.54 Å². The minimum Gasteiger partial charge on any atom is -0.478 e. The van der Waals surface area contributed by atoms with E-state index >= 15 is 0 Å². The second-order valence-corrected chi connectivity index (χ2v) is 3.40. The topological polar surface area (TPSA) is 134 Å². The number of nitrogens with one attached hydrogen (secondary N) is 2. The highest BCUT2D eigenvalue weighted by molar-refractivity contribution is 6.02. The van der Waals surface area contributed by atoms with E-state index in [1.54, 1.807) is 6.92 Å². The third-order valence-electron chi connectivity index (χ3n) is 1.82. The zero-order valence-corrected chi connectivity index (χ0v) is 10.0. The molecule has 3 N–H and O–H groups in total. The minimum absolute atomic E-state index is 0.209. The van der Waals surface area contributed by atoms with Gasteiger partial charge in [0.1, 0.15) is 0 Å². The van der Waals surface area contributed by atoms with Crippen LogP contribution < -0.4 is 10.6 Å². The van der Waals surface area contributed by atoms with E-state index in [9.17, 15) is 14.4 Å². The van der Waals surface area contributed by atoms with Gasteiger partial charge in [-0.3, -0.25) is 10.1 Å². The van der Waals surface area contributed by atoms with Crippen LogP contribution in [0.5, 0.6) is 0 Å². The number of aliphatic carboxylic acids is 1. The van der Waals surface area contributed by atoms with Gasteiger partial charge in [0, 0.05) is 32.0 Å². The lowest BCUT2D eigenvalue weighted by atomic mass is 10.4. The van der Waals surface area contributed by atoms with Crippen LogP contribution in [0.4, 0.5) is 4.79 Å². The van der Waals surface area contributed by atoms with E-state index in [1.165, 1.54) is 0 Å². The summed E-state index contributed by atoms with van der Waals surface area (Å²) in [5.41, 5.74) is 0. The van der Waals surface area contributed by atoms with Crippen LogP contribution in [-0.2, 0) is 16.0 Å². The average Bonchev–Trinajstić information content (AvgIpc) is 2.72. The second-order valence-electron chi connectivity index (χ2n) is 3.40. The Labute approximate surface area is 107 Å². The molecular formula is C10H12N4O5. The molecule has 0 saturated heterocycles. The number of carboxylic acid groups (broad SMARTS) is 1. The lowest BCUT2D eigenvalue weighted by molar-refractivity contribution is -0.131. The second kappa shape index (κ2) is 6.89. The largest absolute Gasteiger partial charge is 0.478 e. The van der Waals surface area contributed by atoms with Crippen LogP contribution in [0.25, 0.3) is 0 Å². The summed E-state index contributed by atoms with van der Waals surface area (Å²) in [4.78, 5) is 36.3. The van der Waals surface area contributed by atoms with Gasteiger partial charge in [0.25, 0.3) is 5.91 Å². The quantitative estimate of drug-likeness (QED) is 0.606. The SMILES string of the molecule is Cc1nc(CCNC(=O)NC(=O)/C=C/C(=O)O)no1. The minimum atomic E-state index is -1.27. The first-order valence-corrected chi connectivity index (χ1v) is 5.26. The number of aromatic nitrogens is 2. The molecule has 1 aromatic rings. The van der Waals surface area contributed by atoms with Crippen molar-refractivity contribution >= 4 is 17.9 Å². The highest BCUT2D eigenvalue weighted by atomic mass is 16.5. The molecule has 102 valence electrons. The molecule has 1 aromatic heterocycles. The molecular weight excluding hydrogens is 256 g/mol. The molecule has 0 aliphatic rings. The molecule has 9 nitrogen and oxygen atoms in total. The summed E-state index contributed by atoms with van der Waals surface area (Å²) in [5.74, 6) is -1.23. The molecule has 9 heteroatoms. The van der Waals surface area contributed by atoms with Gasteiger partial charge in [-0.2, -0.15) is 4.98 Å². The molecule has 0 radical (unpaired) electrons. The molecule has 0 saturated carbocycles. The monoisotopic (exact) mass is 268 g/mol. The first-order valence-electron chi connectivity index (χ1n) is 5.26. The molecule has 0 aromatic carbocycles. The standard InChI is InChI=1S/C10H12N4O5/c1-6-12-7(14-19-6)4-5-11-10(18)13-8(15)2-3-9(16)17/h2-3H,4-5H2,1H3,(H,16,17)(H2,11,13,15,18)/b3-2+. The molecule has 0 bridgehead atoms. The van der Waals surface area contributed by atoms with Gasteiger partial charge >= 0.3 is 12.0 Å². The van der Waals surface area contributed by atoms with Crippen molar-refractivity contribution < 1.29 is 24.0 Å². The summed E-state index contributed by atoms with van der Waals surface area (Å²) < 4.78 is 4.73. The van der Waals surface area contributed by atoms with E-state index < -0.39 is 17.9 Å². The van der Waals surface area contributed by atoms with E-state index in [0.29, 0.717) is 24.2 Å².